The number of hydrogen-bond acceptors (Lipinski definition) is 4. The van der Waals surface area contributed by atoms with E-state index in [2.05, 4.69) is 27.2 Å². The van der Waals surface area contributed by atoms with Crippen LogP contribution in [-0.2, 0) is 0 Å². The van der Waals surface area contributed by atoms with Gasteiger partial charge in [0.25, 0.3) is 0 Å². The molecule has 23 heavy (non-hydrogen) atoms. The van der Waals surface area contributed by atoms with Crippen molar-refractivity contribution in [2.24, 2.45) is 0 Å². The van der Waals surface area contributed by atoms with Crippen LogP contribution in [0.1, 0.15) is 49.5 Å². The number of nitrogens with zero attached hydrogens (tertiary/aromatic N) is 4. The van der Waals surface area contributed by atoms with Gasteiger partial charge >= 0.3 is 6.03 Å². The second-order valence-corrected chi connectivity index (χ2v) is 7.21. The molecule has 2 saturated heterocycles. The topological polar surface area (TPSA) is 61.4 Å². The SMILES string of the molecule is Cc1ncc(NC(=O)N2CC[C@H]3CC[C@@H](C2)N3C)c(C2CC2)n1. The summed E-state index contributed by atoms with van der Waals surface area (Å²) >= 11 is 0. The molecule has 2 amide bonds. The van der Waals surface area contributed by atoms with E-state index < -0.39 is 0 Å². The maximum Gasteiger partial charge on any atom is 0.321 e. The molecule has 6 heteroatoms. The highest BCUT2D eigenvalue weighted by Gasteiger charge is 2.36. The first-order valence-electron chi connectivity index (χ1n) is 8.73. The van der Waals surface area contributed by atoms with E-state index in [4.69, 9.17) is 0 Å². The summed E-state index contributed by atoms with van der Waals surface area (Å²) in [5, 5.41) is 3.07. The molecule has 1 aliphatic carbocycles. The van der Waals surface area contributed by atoms with Crippen LogP contribution >= 0.6 is 0 Å². The van der Waals surface area contributed by atoms with Gasteiger partial charge in [0.2, 0.25) is 0 Å². The van der Waals surface area contributed by atoms with E-state index in [-0.39, 0.29) is 6.03 Å². The van der Waals surface area contributed by atoms with Crippen molar-refractivity contribution in [3.8, 4) is 0 Å². The Morgan fingerprint density at radius 1 is 1.22 bits per heavy atom. The number of carbonyl (C=O) groups excluding carboxylic acids is 1. The standard InChI is InChI=1S/C17H25N5O/c1-11-18-9-15(16(19-11)12-3-4-12)20-17(23)22-8-7-13-5-6-14(10-22)21(13)2/h9,12-14H,3-8,10H2,1-2H3,(H,20,23)/t13-,14+/m1/s1. The number of anilines is 1. The quantitative estimate of drug-likeness (QED) is 0.910. The monoisotopic (exact) mass is 315 g/mol. The van der Waals surface area contributed by atoms with Gasteiger partial charge in [-0.2, -0.15) is 0 Å². The summed E-state index contributed by atoms with van der Waals surface area (Å²) in [6.45, 7) is 3.56. The van der Waals surface area contributed by atoms with Crippen molar-refractivity contribution in [1.29, 1.82) is 0 Å². The number of likely N-dealkylation sites (tertiary alicyclic amines) is 1. The van der Waals surface area contributed by atoms with Gasteiger partial charge in [-0.1, -0.05) is 0 Å². The second kappa shape index (κ2) is 5.74. The van der Waals surface area contributed by atoms with Gasteiger partial charge in [-0.3, -0.25) is 4.90 Å². The van der Waals surface area contributed by atoms with Gasteiger partial charge in [0.15, 0.2) is 0 Å². The van der Waals surface area contributed by atoms with Crippen LogP contribution in [0.5, 0.6) is 0 Å². The normalized spacial score (nSPS) is 27.8. The zero-order valence-corrected chi connectivity index (χ0v) is 14.0. The van der Waals surface area contributed by atoms with Crippen LogP contribution in [-0.4, -0.2) is 58.0 Å². The number of rotatable bonds is 2. The first-order valence-corrected chi connectivity index (χ1v) is 8.73. The van der Waals surface area contributed by atoms with Gasteiger partial charge in [0, 0.05) is 31.1 Å². The van der Waals surface area contributed by atoms with Crippen LogP contribution in [0.3, 0.4) is 0 Å². The molecule has 0 radical (unpaired) electrons. The Hall–Kier alpha value is -1.69. The summed E-state index contributed by atoms with van der Waals surface area (Å²) < 4.78 is 0. The molecule has 1 N–H and O–H groups in total. The van der Waals surface area contributed by atoms with Crippen LogP contribution in [0.15, 0.2) is 6.20 Å². The molecule has 3 fully saturated rings. The minimum atomic E-state index is 0.000281. The van der Waals surface area contributed by atoms with Gasteiger partial charge in [0.05, 0.1) is 17.6 Å². The molecule has 3 aliphatic rings. The highest BCUT2D eigenvalue weighted by molar-refractivity contribution is 5.90. The molecule has 2 bridgehead atoms. The van der Waals surface area contributed by atoms with Gasteiger partial charge < -0.3 is 10.2 Å². The minimum absolute atomic E-state index is 0.000281. The van der Waals surface area contributed by atoms with Crippen molar-refractivity contribution in [3.05, 3.63) is 17.7 Å². The Labute approximate surface area is 137 Å². The van der Waals surface area contributed by atoms with Crippen molar-refractivity contribution in [2.75, 3.05) is 25.5 Å². The summed E-state index contributed by atoms with van der Waals surface area (Å²) in [6, 6.07) is 1.15. The molecule has 1 saturated carbocycles. The average Bonchev–Trinajstić information content (AvgIpc) is 3.29. The molecule has 124 valence electrons. The number of urea groups is 1. The summed E-state index contributed by atoms with van der Waals surface area (Å²) in [5.74, 6) is 1.27. The van der Waals surface area contributed by atoms with Crippen molar-refractivity contribution in [1.82, 2.24) is 19.8 Å². The Morgan fingerprint density at radius 2 is 2.00 bits per heavy atom. The summed E-state index contributed by atoms with van der Waals surface area (Å²) in [7, 11) is 2.20. The second-order valence-electron chi connectivity index (χ2n) is 7.21. The lowest BCUT2D eigenvalue weighted by atomic mass is 10.1. The van der Waals surface area contributed by atoms with Gasteiger partial charge in [-0.25, -0.2) is 14.8 Å². The van der Waals surface area contributed by atoms with Gasteiger partial charge in [-0.15, -0.1) is 0 Å². The Morgan fingerprint density at radius 3 is 2.78 bits per heavy atom. The Bertz CT molecular complexity index is 615. The third-order valence-electron chi connectivity index (χ3n) is 5.58. The fraction of sp³-hybridized carbons (Fsp3) is 0.706. The smallest absolute Gasteiger partial charge is 0.321 e. The van der Waals surface area contributed by atoms with Crippen molar-refractivity contribution < 1.29 is 4.79 Å². The van der Waals surface area contributed by atoms with Crippen LogP contribution in [0, 0.1) is 6.92 Å². The first kappa shape index (κ1) is 14.9. The molecule has 1 aromatic rings. The number of fused-ring (bicyclic) bond motifs is 2. The molecular weight excluding hydrogens is 290 g/mol. The fourth-order valence-electron chi connectivity index (χ4n) is 3.94. The minimum Gasteiger partial charge on any atom is -0.323 e. The third kappa shape index (κ3) is 2.92. The van der Waals surface area contributed by atoms with E-state index in [0.717, 1.165) is 49.6 Å². The highest BCUT2D eigenvalue weighted by atomic mass is 16.2. The third-order valence-corrected chi connectivity index (χ3v) is 5.58. The maximum absolute atomic E-state index is 12.7. The molecule has 2 aliphatic heterocycles. The molecule has 4 rings (SSSR count). The summed E-state index contributed by atoms with van der Waals surface area (Å²) in [5.41, 5.74) is 1.81. The number of hydrogen-bond donors (Lipinski definition) is 1. The van der Waals surface area contributed by atoms with Crippen LogP contribution in [0.4, 0.5) is 10.5 Å². The lowest BCUT2D eigenvalue weighted by Gasteiger charge is -2.26. The van der Waals surface area contributed by atoms with E-state index in [1.165, 1.54) is 12.8 Å². The molecule has 0 spiro atoms. The van der Waals surface area contributed by atoms with E-state index in [1.54, 1.807) is 6.20 Å². The highest BCUT2D eigenvalue weighted by Crippen LogP contribution is 2.42. The van der Waals surface area contributed by atoms with Crippen molar-refractivity contribution >= 4 is 11.7 Å². The summed E-state index contributed by atoms with van der Waals surface area (Å²) in [6.07, 6.45) is 7.64. The Balaban J connectivity index is 1.48. The number of nitrogens with one attached hydrogen (secondary N) is 1. The maximum atomic E-state index is 12.7. The van der Waals surface area contributed by atoms with E-state index in [1.807, 2.05) is 11.8 Å². The largest absolute Gasteiger partial charge is 0.323 e. The van der Waals surface area contributed by atoms with Crippen LogP contribution in [0.25, 0.3) is 0 Å². The zero-order chi connectivity index (χ0) is 16.0. The molecule has 2 atom stereocenters. The fourth-order valence-corrected chi connectivity index (χ4v) is 3.94. The van der Waals surface area contributed by atoms with Gasteiger partial charge in [-0.05, 0) is 46.1 Å². The lowest BCUT2D eigenvalue weighted by molar-refractivity contribution is 0.200. The van der Waals surface area contributed by atoms with Crippen LogP contribution in [0.2, 0.25) is 0 Å². The number of carbonyl (C=O) groups is 1. The molecule has 6 nitrogen and oxygen atoms in total. The van der Waals surface area contributed by atoms with Gasteiger partial charge in [0.1, 0.15) is 5.82 Å². The molecule has 1 aromatic heterocycles. The number of likely N-dealkylation sites (N-methyl/N-ethyl adjacent to an activating group) is 1. The van der Waals surface area contributed by atoms with E-state index in [9.17, 15) is 4.79 Å². The first-order chi connectivity index (χ1) is 11.1. The zero-order valence-electron chi connectivity index (χ0n) is 14.0. The average molecular weight is 315 g/mol. The Kier molecular flexibility index (Phi) is 3.71. The predicted octanol–water partition coefficient (Wildman–Crippen LogP) is 2.36. The summed E-state index contributed by atoms with van der Waals surface area (Å²) in [4.78, 5) is 26.0. The number of amides is 2. The molecular formula is C17H25N5O. The molecule has 0 unspecified atom stereocenters. The van der Waals surface area contributed by atoms with Crippen molar-refractivity contribution in [3.63, 3.8) is 0 Å². The van der Waals surface area contributed by atoms with E-state index in [0.29, 0.717) is 18.0 Å². The van der Waals surface area contributed by atoms with E-state index >= 15 is 0 Å². The predicted molar refractivity (Wildman–Crippen MR) is 88.5 cm³/mol. The number of aromatic nitrogens is 2. The molecule has 3 heterocycles. The van der Waals surface area contributed by atoms with Crippen molar-refractivity contribution in [2.45, 2.75) is 57.0 Å². The number of aryl methyl sites for hydroxylation is 1. The molecule has 0 aromatic carbocycles. The lowest BCUT2D eigenvalue weighted by Crippen LogP contribution is -2.41. The van der Waals surface area contributed by atoms with Crippen LogP contribution < -0.4 is 5.32 Å².